The van der Waals surface area contributed by atoms with E-state index in [4.69, 9.17) is 0 Å². The SMILES string of the molecule is CC(=O)c1ccc(NC(=O)NC2CCS(=O)(=O)CC2)cc1. The van der Waals surface area contributed by atoms with Crippen molar-refractivity contribution >= 4 is 27.3 Å². The molecule has 0 spiro atoms. The molecule has 1 heterocycles. The lowest BCUT2D eigenvalue weighted by molar-refractivity contribution is 0.101. The van der Waals surface area contributed by atoms with Crippen molar-refractivity contribution in [1.29, 1.82) is 0 Å². The van der Waals surface area contributed by atoms with E-state index in [1.165, 1.54) is 6.92 Å². The average Bonchev–Trinajstić information content (AvgIpc) is 2.42. The first kappa shape index (κ1) is 15.5. The van der Waals surface area contributed by atoms with Gasteiger partial charge in [-0.3, -0.25) is 4.79 Å². The second-order valence-corrected chi connectivity index (χ2v) is 7.46. The highest BCUT2D eigenvalue weighted by molar-refractivity contribution is 7.91. The van der Waals surface area contributed by atoms with Crippen LogP contribution in [0.25, 0.3) is 0 Å². The van der Waals surface area contributed by atoms with Gasteiger partial charge in [0.2, 0.25) is 0 Å². The molecule has 21 heavy (non-hydrogen) atoms. The number of benzene rings is 1. The Morgan fingerprint density at radius 1 is 1.10 bits per heavy atom. The summed E-state index contributed by atoms with van der Waals surface area (Å²) in [5.41, 5.74) is 1.17. The summed E-state index contributed by atoms with van der Waals surface area (Å²) in [5.74, 6) is 0.200. The van der Waals surface area contributed by atoms with Crippen molar-refractivity contribution < 1.29 is 18.0 Å². The van der Waals surface area contributed by atoms with Crippen molar-refractivity contribution in [2.75, 3.05) is 16.8 Å². The third-order valence-electron chi connectivity index (χ3n) is 3.44. The van der Waals surface area contributed by atoms with E-state index in [2.05, 4.69) is 10.6 Å². The third kappa shape index (κ3) is 4.56. The number of anilines is 1. The van der Waals surface area contributed by atoms with E-state index in [1.807, 2.05) is 0 Å². The maximum atomic E-state index is 11.8. The number of rotatable bonds is 3. The first-order valence-electron chi connectivity index (χ1n) is 6.75. The van der Waals surface area contributed by atoms with Crippen LogP contribution in [0.4, 0.5) is 10.5 Å². The standard InChI is InChI=1S/C14H18N2O4S/c1-10(17)11-2-4-12(5-3-11)15-14(18)16-13-6-8-21(19,20)9-7-13/h2-5,13H,6-9H2,1H3,(H2,15,16,18). The molecule has 0 atom stereocenters. The Morgan fingerprint density at radius 2 is 1.67 bits per heavy atom. The van der Waals surface area contributed by atoms with Crippen molar-refractivity contribution in [3.8, 4) is 0 Å². The van der Waals surface area contributed by atoms with E-state index >= 15 is 0 Å². The van der Waals surface area contributed by atoms with E-state index in [1.54, 1.807) is 24.3 Å². The number of sulfone groups is 1. The Morgan fingerprint density at radius 3 is 2.19 bits per heavy atom. The molecule has 0 aromatic heterocycles. The maximum absolute atomic E-state index is 11.8. The summed E-state index contributed by atoms with van der Waals surface area (Å²) < 4.78 is 22.6. The van der Waals surface area contributed by atoms with Crippen molar-refractivity contribution in [3.63, 3.8) is 0 Å². The Balaban J connectivity index is 1.86. The van der Waals surface area contributed by atoms with Gasteiger partial charge in [-0.2, -0.15) is 0 Å². The van der Waals surface area contributed by atoms with Gasteiger partial charge in [0.05, 0.1) is 11.5 Å². The molecule has 0 unspecified atom stereocenters. The topological polar surface area (TPSA) is 92.3 Å². The lowest BCUT2D eigenvalue weighted by Crippen LogP contribution is -2.42. The molecule has 2 N–H and O–H groups in total. The Labute approximate surface area is 123 Å². The zero-order valence-electron chi connectivity index (χ0n) is 11.8. The summed E-state index contributed by atoms with van der Waals surface area (Å²) in [6.07, 6.45) is 0.887. The minimum Gasteiger partial charge on any atom is -0.335 e. The van der Waals surface area contributed by atoms with Crippen LogP contribution >= 0.6 is 0 Å². The third-order valence-corrected chi connectivity index (χ3v) is 5.15. The van der Waals surface area contributed by atoms with E-state index in [0.29, 0.717) is 24.1 Å². The highest BCUT2D eigenvalue weighted by Gasteiger charge is 2.24. The van der Waals surface area contributed by atoms with Crippen LogP contribution in [-0.4, -0.2) is 37.8 Å². The van der Waals surface area contributed by atoms with Crippen molar-refractivity contribution in [1.82, 2.24) is 5.32 Å². The van der Waals surface area contributed by atoms with E-state index < -0.39 is 9.84 Å². The number of nitrogens with one attached hydrogen (secondary N) is 2. The molecule has 114 valence electrons. The quantitative estimate of drug-likeness (QED) is 0.829. The van der Waals surface area contributed by atoms with Crippen LogP contribution in [0.1, 0.15) is 30.1 Å². The monoisotopic (exact) mass is 310 g/mol. The molecular weight excluding hydrogens is 292 g/mol. The second-order valence-electron chi connectivity index (χ2n) is 5.16. The highest BCUT2D eigenvalue weighted by atomic mass is 32.2. The predicted molar refractivity (Wildman–Crippen MR) is 80.3 cm³/mol. The molecule has 2 amide bonds. The first-order chi connectivity index (χ1) is 9.85. The molecule has 1 aromatic carbocycles. The van der Waals surface area contributed by atoms with Gasteiger partial charge in [0.1, 0.15) is 9.84 Å². The van der Waals surface area contributed by atoms with Gasteiger partial charge in [0.15, 0.2) is 5.78 Å². The summed E-state index contributed by atoms with van der Waals surface area (Å²) >= 11 is 0. The largest absolute Gasteiger partial charge is 0.335 e. The molecule has 1 saturated heterocycles. The molecule has 0 aliphatic carbocycles. The summed E-state index contributed by atoms with van der Waals surface area (Å²) in [5, 5.41) is 5.43. The van der Waals surface area contributed by atoms with Crippen LogP contribution < -0.4 is 10.6 Å². The van der Waals surface area contributed by atoms with Crippen LogP contribution in [0, 0.1) is 0 Å². The van der Waals surface area contributed by atoms with Gasteiger partial charge in [-0.1, -0.05) is 0 Å². The molecule has 1 fully saturated rings. The van der Waals surface area contributed by atoms with Gasteiger partial charge >= 0.3 is 6.03 Å². The zero-order chi connectivity index (χ0) is 15.5. The van der Waals surface area contributed by atoms with E-state index in [0.717, 1.165) is 0 Å². The summed E-state index contributed by atoms with van der Waals surface area (Å²) in [6.45, 7) is 1.48. The van der Waals surface area contributed by atoms with Crippen molar-refractivity contribution in [2.24, 2.45) is 0 Å². The maximum Gasteiger partial charge on any atom is 0.319 e. The van der Waals surface area contributed by atoms with Crippen LogP contribution in [0.15, 0.2) is 24.3 Å². The molecule has 0 saturated carbocycles. The number of amides is 2. The second kappa shape index (κ2) is 6.26. The summed E-state index contributed by atoms with van der Waals surface area (Å²) in [7, 11) is -2.93. The molecule has 0 bridgehead atoms. The Hall–Kier alpha value is -1.89. The fraction of sp³-hybridized carbons (Fsp3) is 0.429. The molecule has 1 aliphatic heterocycles. The fourth-order valence-electron chi connectivity index (χ4n) is 2.18. The van der Waals surface area contributed by atoms with Crippen molar-refractivity contribution in [2.45, 2.75) is 25.8 Å². The fourth-order valence-corrected chi connectivity index (χ4v) is 3.67. The highest BCUT2D eigenvalue weighted by Crippen LogP contribution is 2.13. The normalized spacial score (nSPS) is 18.0. The first-order valence-corrected chi connectivity index (χ1v) is 8.57. The zero-order valence-corrected chi connectivity index (χ0v) is 12.6. The van der Waals surface area contributed by atoms with Crippen LogP contribution in [-0.2, 0) is 9.84 Å². The number of Topliss-reactive ketones (excluding diaryl/α,β-unsaturated/α-hetero) is 1. The number of hydrogen-bond acceptors (Lipinski definition) is 4. The van der Waals surface area contributed by atoms with Gasteiger partial charge in [-0.25, -0.2) is 13.2 Å². The molecule has 7 heteroatoms. The van der Waals surface area contributed by atoms with Crippen molar-refractivity contribution in [3.05, 3.63) is 29.8 Å². The number of carbonyl (C=O) groups excluding carboxylic acids is 2. The molecule has 1 aliphatic rings. The van der Waals surface area contributed by atoms with Gasteiger partial charge in [0, 0.05) is 17.3 Å². The number of urea groups is 1. The van der Waals surface area contributed by atoms with Gasteiger partial charge < -0.3 is 10.6 Å². The van der Waals surface area contributed by atoms with E-state index in [9.17, 15) is 18.0 Å². The summed E-state index contributed by atoms with van der Waals surface area (Å²) in [4.78, 5) is 23.0. The smallest absolute Gasteiger partial charge is 0.319 e. The Bertz CT molecular complexity index is 623. The number of ketones is 1. The molecular formula is C14H18N2O4S. The summed E-state index contributed by atoms with van der Waals surface area (Å²) in [6, 6.07) is 6.11. The average molecular weight is 310 g/mol. The lowest BCUT2D eigenvalue weighted by Gasteiger charge is -2.23. The van der Waals surface area contributed by atoms with Gasteiger partial charge in [-0.05, 0) is 44.0 Å². The van der Waals surface area contributed by atoms with Gasteiger partial charge in [-0.15, -0.1) is 0 Å². The van der Waals surface area contributed by atoms with Crippen LogP contribution in [0.2, 0.25) is 0 Å². The van der Waals surface area contributed by atoms with Crippen LogP contribution in [0.5, 0.6) is 0 Å². The van der Waals surface area contributed by atoms with Crippen LogP contribution in [0.3, 0.4) is 0 Å². The lowest BCUT2D eigenvalue weighted by atomic mass is 10.1. The number of hydrogen-bond donors (Lipinski definition) is 2. The van der Waals surface area contributed by atoms with E-state index in [-0.39, 0.29) is 29.4 Å². The minimum atomic E-state index is -2.93. The Kier molecular flexibility index (Phi) is 4.62. The molecule has 1 aromatic rings. The van der Waals surface area contributed by atoms with Gasteiger partial charge in [0.25, 0.3) is 0 Å². The molecule has 6 nitrogen and oxygen atoms in total. The predicted octanol–water partition coefficient (Wildman–Crippen LogP) is 1.59. The minimum absolute atomic E-state index is 0.0329. The number of carbonyl (C=O) groups is 2. The molecule has 2 rings (SSSR count). The molecule has 0 radical (unpaired) electrons.